The topological polar surface area (TPSA) is 0 Å². The third-order valence-corrected chi connectivity index (χ3v) is 3.58. The first-order valence-corrected chi connectivity index (χ1v) is 5.85. The molecule has 0 nitrogen and oxygen atoms in total. The summed E-state index contributed by atoms with van der Waals surface area (Å²) in [5.74, 6) is 0. The van der Waals surface area contributed by atoms with Crippen molar-refractivity contribution in [2.45, 2.75) is 19.0 Å². The van der Waals surface area contributed by atoms with Gasteiger partial charge in [-0.3, -0.25) is 0 Å². The Morgan fingerprint density at radius 2 is 2.08 bits per heavy atom. The normalized spacial score (nSPS) is 18.2. The van der Waals surface area contributed by atoms with Crippen LogP contribution in [0.25, 0.3) is 6.08 Å². The van der Waals surface area contributed by atoms with Gasteiger partial charge in [0.25, 0.3) is 0 Å². The fourth-order valence-electron chi connectivity index (χ4n) is 1.75. The molecule has 0 amide bonds. The van der Waals surface area contributed by atoms with Gasteiger partial charge in [-0.05, 0) is 29.2 Å². The Hall–Kier alpha value is 0.177. The Kier molecular flexibility index (Phi) is 3.99. The molecule has 1 aromatic carbocycles. The molecule has 1 unspecified atom stereocenters. The third kappa shape index (κ3) is 1.99. The maximum absolute atomic E-state index is 2.33. The van der Waals surface area contributed by atoms with Crippen LogP contribution in [0, 0.1) is 6.92 Å². The van der Waals surface area contributed by atoms with E-state index in [0.717, 1.165) is 9.52 Å². The van der Waals surface area contributed by atoms with E-state index in [4.69, 9.17) is 0 Å². The van der Waals surface area contributed by atoms with Crippen LogP contribution >= 0.6 is 0 Å². The minimum Gasteiger partial charge on any atom is -0.0797 e. The van der Waals surface area contributed by atoms with Crippen LogP contribution in [0.4, 0.5) is 0 Å². The minimum absolute atomic E-state index is 0. The van der Waals surface area contributed by atoms with E-state index in [9.17, 15) is 0 Å². The quantitative estimate of drug-likeness (QED) is 0.545. The number of rotatable bonds is 1. The number of hydrogen-bond acceptors (Lipinski definition) is 0. The Morgan fingerprint density at radius 1 is 1.31 bits per heavy atom. The van der Waals surface area contributed by atoms with E-state index >= 15 is 0 Å². The molecule has 0 heterocycles. The summed E-state index contributed by atoms with van der Waals surface area (Å²) in [5.41, 5.74) is 5.08. The number of aryl methyl sites for hydroxylation is 1. The van der Waals surface area contributed by atoms with Gasteiger partial charge >= 0.3 is 29.6 Å². The van der Waals surface area contributed by atoms with Crippen LogP contribution in [0.15, 0.2) is 24.3 Å². The van der Waals surface area contributed by atoms with Crippen molar-refractivity contribution in [2.24, 2.45) is 0 Å². The molecule has 0 saturated carbocycles. The van der Waals surface area contributed by atoms with Crippen molar-refractivity contribution >= 4 is 15.6 Å². The van der Waals surface area contributed by atoms with E-state index in [-0.39, 0.29) is 29.6 Å². The molecular formula is C11H12NaSi+. The predicted octanol–water partition coefficient (Wildman–Crippen LogP) is -0.181. The van der Waals surface area contributed by atoms with Gasteiger partial charge in [-0.25, -0.2) is 0 Å². The summed E-state index contributed by atoms with van der Waals surface area (Å²) < 4.78 is 0. The van der Waals surface area contributed by atoms with E-state index < -0.39 is 0 Å². The van der Waals surface area contributed by atoms with Gasteiger partial charge in [-0.1, -0.05) is 36.9 Å². The largest absolute Gasteiger partial charge is 1.00 e. The van der Waals surface area contributed by atoms with E-state index in [1.807, 2.05) is 0 Å². The van der Waals surface area contributed by atoms with Crippen molar-refractivity contribution in [1.29, 1.82) is 0 Å². The molecule has 0 aromatic heterocycles. The fourth-order valence-corrected chi connectivity index (χ4v) is 2.60. The molecular weight excluding hydrogens is 183 g/mol. The first-order valence-electron chi connectivity index (χ1n) is 4.28. The van der Waals surface area contributed by atoms with Gasteiger partial charge in [0.05, 0.1) is 0 Å². The van der Waals surface area contributed by atoms with Crippen LogP contribution in [-0.4, -0.2) is 9.52 Å². The molecule has 2 heteroatoms. The van der Waals surface area contributed by atoms with Gasteiger partial charge < -0.3 is 0 Å². The zero-order valence-electron chi connectivity index (χ0n) is 8.46. The van der Waals surface area contributed by atoms with Crippen LogP contribution in [0.2, 0.25) is 6.55 Å². The second-order valence-electron chi connectivity index (χ2n) is 3.20. The molecule has 2 rings (SSSR count). The summed E-state index contributed by atoms with van der Waals surface area (Å²) >= 11 is 0. The van der Waals surface area contributed by atoms with Crippen LogP contribution in [-0.2, 0) is 0 Å². The number of benzene rings is 1. The SMILES string of the molecule is C[Si]C1C=Cc2c(C)cccc21.[Na+]. The molecule has 0 fully saturated rings. The molecule has 0 bridgehead atoms. The maximum atomic E-state index is 2.33. The molecule has 0 spiro atoms. The predicted molar refractivity (Wildman–Crippen MR) is 54.6 cm³/mol. The Bertz CT molecular complexity index is 331. The molecule has 0 saturated heterocycles. The van der Waals surface area contributed by atoms with Gasteiger partial charge in [0.15, 0.2) is 0 Å². The van der Waals surface area contributed by atoms with E-state index in [1.165, 1.54) is 16.7 Å². The van der Waals surface area contributed by atoms with Gasteiger partial charge in [0, 0.05) is 9.52 Å². The van der Waals surface area contributed by atoms with Crippen LogP contribution in [0.3, 0.4) is 0 Å². The Morgan fingerprint density at radius 3 is 2.77 bits per heavy atom. The first kappa shape index (κ1) is 11.3. The molecule has 0 aliphatic heterocycles. The van der Waals surface area contributed by atoms with Crippen molar-refractivity contribution in [1.82, 2.24) is 0 Å². The molecule has 1 aliphatic carbocycles. The fraction of sp³-hybridized carbons (Fsp3) is 0.273. The summed E-state index contributed by atoms with van der Waals surface area (Å²) in [4.78, 5) is 0. The summed E-state index contributed by atoms with van der Waals surface area (Å²) in [6.45, 7) is 4.46. The van der Waals surface area contributed by atoms with Crippen molar-refractivity contribution in [3.05, 3.63) is 41.0 Å². The zero-order valence-corrected chi connectivity index (χ0v) is 11.5. The van der Waals surface area contributed by atoms with Crippen molar-refractivity contribution in [2.75, 3.05) is 0 Å². The van der Waals surface area contributed by atoms with Crippen LogP contribution in [0.5, 0.6) is 0 Å². The number of fused-ring (bicyclic) bond motifs is 1. The summed E-state index contributed by atoms with van der Waals surface area (Å²) in [6.07, 6.45) is 4.60. The molecule has 1 aromatic rings. The van der Waals surface area contributed by atoms with Gasteiger partial charge in [-0.15, -0.1) is 0 Å². The van der Waals surface area contributed by atoms with Crippen LogP contribution in [0.1, 0.15) is 22.2 Å². The van der Waals surface area contributed by atoms with Crippen LogP contribution < -0.4 is 29.6 Å². The van der Waals surface area contributed by atoms with Crippen molar-refractivity contribution in [3.63, 3.8) is 0 Å². The van der Waals surface area contributed by atoms with Crippen molar-refractivity contribution < 1.29 is 29.6 Å². The molecule has 60 valence electrons. The van der Waals surface area contributed by atoms with Gasteiger partial charge in [0.2, 0.25) is 0 Å². The number of allylic oxidation sites excluding steroid dienone is 1. The third-order valence-electron chi connectivity index (χ3n) is 2.46. The summed E-state index contributed by atoms with van der Waals surface area (Å²) in [5, 5.41) is 0. The smallest absolute Gasteiger partial charge is 0.0797 e. The Labute approximate surface area is 105 Å². The van der Waals surface area contributed by atoms with E-state index in [2.05, 4.69) is 43.8 Å². The average molecular weight is 195 g/mol. The minimum atomic E-state index is 0. The molecule has 1 aliphatic rings. The molecule has 13 heavy (non-hydrogen) atoms. The molecule has 2 radical (unpaired) electrons. The molecule has 0 N–H and O–H groups in total. The average Bonchev–Trinajstić information content (AvgIpc) is 2.49. The second kappa shape index (κ2) is 4.60. The monoisotopic (exact) mass is 195 g/mol. The molecule has 1 atom stereocenters. The standard InChI is InChI=1S/C11H12Si.Na/c1-8-4-3-5-10-9(8)6-7-11(10)12-2;/h3-7,11H,1-2H3;/q;+1. The maximum Gasteiger partial charge on any atom is 1.00 e. The Balaban J connectivity index is 0.000000845. The van der Waals surface area contributed by atoms with E-state index in [0.29, 0.717) is 5.54 Å². The van der Waals surface area contributed by atoms with Gasteiger partial charge in [-0.2, -0.15) is 0 Å². The van der Waals surface area contributed by atoms with Gasteiger partial charge in [0.1, 0.15) is 0 Å². The number of hydrogen-bond donors (Lipinski definition) is 0. The van der Waals surface area contributed by atoms with E-state index in [1.54, 1.807) is 0 Å². The zero-order chi connectivity index (χ0) is 8.55. The first-order chi connectivity index (χ1) is 5.83. The summed E-state index contributed by atoms with van der Waals surface area (Å²) in [6, 6.07) is 6.60. The van der Waals surface area contributed by atoms with Crippen molar-refractivity contribution in [3.8, 4) is 0 Å². The summed E-state index contributed by atoms with van der Waals surface area (Å²) in [7, 11) is 0.988. The second-order valence-corrected chi connectivity index (χ2v) is 4.40.